The van der Waals surface area contributed by atoms with Gasteiger partial charge in [-0.05, 0) is 76.4 Å². The van der Waals surface area contributed by atoms with Crippen LogP contribution in [-0.4, -0.2) is 14.5 Å². The standard InChI is InChI=1S/C48H29N3O/c1-2-12-30(13-3-1)47-37-19-6-8-21-41(37)49-48(50-47)39-20-11-23-44-46(39)38-25-24-34(29-45(38)52-44)31-16-10-17-35(26-31)51-42-22-9-7-18-36(42)40-27-32-14-4-5-15-33(32)28-43(40)51/h1-29H/i4D,5D,7D,9D,10D,14D,15D,16D,17D,18D,22D,26D,27D,28D. The second-order valence-electron chi connectivity index (χ2n) is 12.3. The summed E-state index contributed by atoms with van der Waals surface area (Å²) in [5.74, 6) is 0.457. The Morgan fingerprint density at radius 1 is 0.519 bits per heavy atom. The normalized spacial score (nSPS) is 15.6. The van der Waals surface area contributed by atoms with E-state index in [2.05, 4.69) is 0 Å². The van der Waals surface area contributed by atoms with Gasteiger partial charge >= 0.3 is 0 Å². The zero-order chi connectivity index (χ0) is 46.4. The molecular formula is C48H29N3O. The van der Waals surface area contributed by atoms with Gasteiger partial charge in [0.15, 0.2) is 5.82 Å². The number of fused-ring (bicyclic) bond motifs is 8. The van der Waals surface area contributed by atoms with Crippen molar-refractivity contribution in [1.29, 1.82) is 0 Å². The molecule has 0 saturated carbocycles. The van der Waals surface area contributed by atoms with E-state index in [1.807, 2.05) is 66.7 Å². The van der Waals surface area contributed by atoms with Crippen LogP contribution in [0, 0.1) is 0 Å². The molecule has 52 heavy (non-hydrogen) atoms. The van der Waals surface area contributed by atoms with E-state index in [0.29, 0.717) is 33.3 Å². The maximum atomic E-state index is 9.74. The number of hydrogen-bond acceptors (Lipinski definition) is 3. The summed E-state index contributed by atoms with van der Waals surface area (Å²) < 4.78 is 133. The second kappa shape index (κ2) is 11.2. The second-order valence-corrected chi connectivity index (χ2v) is 12.3. The smallest absolute Gasteiger partial charge is 0.161 e. The van der Waals surface area contributed by atoms with E-state index in [1.54, 1.807) is 24.3 Å². The van der Waals surface area contributed by atoms with Crippen molar-refractivity contribution in [3.05, 3.63) is 176 Å². The molecule has 0 spiro atoms. The molecule has 0 fully saturated rings. The summed E-state index contributed by atoms with van der Waals surface area (Å²) in [4.78, 5) is 10.0. The molecule has 0 bridgehead atoms. The summed E-state index contributed by atoms with van der Waals surface area (Å²) in [6.45, 7) is 0. The van der Waals surface area contributed by atoms with E-state index in [1.165, 1.54) is 0 Å². The Morgan fingerprint density at radius 3 is 2.27 bits per heavy atom. The van der Waals surface area contributed by atoms with E-state index in [0.717, 1.165) is 26.7 Å². The van der Waals surface area contributed by atoms with Gasteiger partial charge < -0.3 is 8.98 Å². The average Bonchev–Trinajstić information content (AvgIpc) is 3.88. The molecule has 11 rings (SSSR count). The van der Waals surface area contributed by atoms with Gasteiger partial charge in [0, 0.05) is 43.7 Å². The molecule has 0 N–H and O–H groups in total. The molecule has 0 aliphatic carbocycles. The highest BCUT2D eigenvalue weighted by Crippen LogP contribution is 2.40. The molecule has 0 unspecified atom stereocenters. The molecule has 0 radical (unpaired) electrons. The Bertz CT molecular complexity index is 4000. The van der Waals surface area contributed by atoms with Gasteiger partial charge in [-0.3, -0.25) is 0 Å². The van der Waals surface area contributed by atoms with Crippen LogP contribution in [0.3, 0.4) is 0 Å². The van der Waals surface area contributed by atoms with Crippen molar-refractivity contribution in [2.24, 2.45) is 0 Å². The van der Waals surface area contributed by atoms with E-state index < -0.39 is 90.3 Å². The van der Waals surface area contributed by atoms with Crippen LogP contribution in [0.2, 0.25) is 0 Å². The van der Waals surface area contributed by atoms with Crippen LogP contribution in [-0.2, 0) is 0 Å². The molecule has 0 aliphatic rings. The Balaban J connectivity index is 1.19. The fourth-order valence-corrected chi connectivity index (χ4v) is 6.97. The van der Waals surface area contributed by atoms with Gasteiger partial charge in [0.2, 0.25) is 0 Å². The highest BCUT2D eigenvalue weighted by molar-refractivity contribution is 6.14. The molecule has 242 valence electrons. The number of hydrogen-bond donors (Lipinski definition) is 0. The van der Waals surface area contributed by atoms with E-state index in [9.17, 15) is 5.48 Å². The number of aromatic nitrogens is 3. The summed E-state index contributed by atoms with van der Waals surface area (Å²) in [6.07, 6.45) is 0. The lowest BCUT2D eigenvalue weighted by Gasteiger charge is -2.11. The summed E-state index contributed by atoms with van der Waals surface area (Å²) >= 11 is 0. The van der Waals surface area contributed by atoms with Gasteiger partial charge in [-0.2, -0.15) is 0 Å². The minimum absolute atomic E-state index is 0.143. The topological polar surface area (TPSA) is 43.9 Å². The Morgan fingerprint density at radius 2 is 1.35 bits per heavy atom. The molecule has 11 aromatic rings. The van der Waals surface area contributed by atoms with Crippen LogP contribution >= 0.6 is 0 Å². The van der Waals surface area contributed by atoms with E-state index in [4.69, 9.17) is 28.1 Å². The number of para-hydroxylation sites is 2. The SMILES string of the molecule is [2H]c1c([2H])c(-c2ccc3c(c2)oc2cccc(-c4nc(-c5ccccc5)c5ccccc5n4)c23)c([2H])c(-n2c3c([2H])c([2H])c([2H])c([2H])c3c3c([2H])c4c([2H])c([2H])c([2H])c([2H])c4c([2H])c32)c1[2H]. The first-order valence-corrected chi connectivity index (χ1v) is 16.4. The average molecular weight is 678 g/mol. The van der Waals surface area contributed by atoms with E-state index >= 15 is 0 Å². The number of rotatable bonds is 4. The minimum Gasteiger partial charge on any atom is -0.456 e. The molecule has 0 saturated heterocycles. The predicted molar refractivity (Wildman–Crippen MR) is 215 cm³/mol. The molecule has 4 nitrogen and oxygen atoms in total. The zero-order valence-electron chi connectivity index (χ0n) is 40.9. The van der Waals surface area contributed by atoms with Gasteiger partial charge in [-0.15, -0.1) is 0 Å². The van der Waals surface area contributed by atoms with Crippen LogP contribution in [0.4, 0.5) is 0 Å². The third-order valence-electron chi connectivity index (χ3n) is 9.30. The first-order valence-electron chi connectivity index (χ1n) is 23.4. The first kappa shape index (κ1) is 18.3. The molecule has 8 aromatic carbocycles. The summed E-state index contributed by atoms with van der Waals surface area (Å²) in [6, 6.07) is 19.3. The van der Waals surface area contributed by atoms with Crippen molar-refractivity contribution in [3.63, 3.8) is 0 Å². The molecule has 3 aromatic heterocycles. The van der Waals surface area contributed by atoms with Crippen molar-refractivity contribution in [1.82, 2.24) is 14.5 Å². The van der Waals surface area contributed by atoms with Crippen molar-refractivity contribution < 1.29 is 23.6 Å². The van der Waals surface area contributed by atoms with Crippen LogP contribution in [0.15, 0.2) is 180 Å². The largest absolute Gasteiger partial charge is 0.456 e. The molecule has 3 heterocycles. The lowest BCUT2D eigenvalue weighted by molar-refractivity contribution is 0.669. The zero-order valence-corrected chi connectivity index (χ0v) is 26.9. The summed E-state index contributed by atoms with van der Waals surface area (Å²) in [5.41, 5.74) is 2.90. The Labute approximate surface area is 318 Å². The molecular weight excluding hydrogens is 635 g/mol. The van der Waals surface area contributed by atoms with Gasteiger partial charge in [-0.25, -0.2) is 9.97 Å². The minimum atomic E-state index is -0.704. The summed E-state index contributed by atoms with van der Waals surface area (Å²) in [7, 11) is 0. The monoisotopic (exact) mass is 677 g/mol. The van der Waals surface area contributed by atoms with Gasteiger partial charge in [-0.1, -0.05) is 121 Å². The molecule has 0 amide bonds. The maximum Gasteiger partial charge on any atom is 0.161 e. The fourth-order valence-electron chi connectivity index (χ4n) is 6.97. The van der Waals surface area contributed by atoms with Crippen LogP contribution in [0.1, 0.15) is 19.2 Å². The van der Waals surface area contributed by atoms with Gasteiger partial charge in [0.25, 0.3) is 0 Å². The highest BCUT2D eigenvalue weighted by Gasteiger charge is 2.18. The van der Waals surface area contributed by atoms with Gasteiger partial charge in [0.05, 0.1) is 41.4 Å². The van der Waals surface area contributed by atoms with Crippen LogP contribution < -0.4 is 0 Å². The highest BCUT2D eigenvalue weighted by atomic mass is 16.3. The van der Waals surface area contributed by atoms with Gasteiger partial charge in [0.1, 0.15) is 11.2 Å². The lowest BCUT2D eigenvalue weighted by atomic mass is 10.0. The lowest BCUT2D eigenvalue weighted by Crippen LogP contribution is -1.95. The van der Waals surface area contributed by atoms with Crippen molar-refractivity contribution in [3.8, 4) is 39.5 Å². The fraction of sp³-hybridized carbons (Fsp3) is 0. The third kappa shape index (κ3) is 4.41. The predicted octanol–water partition coefficient (Wildman–Crippen LogP) is 12.8. The Kier molecular flexibility index (Phi) is 3.95. The first-order chi connectivity index (χ1) is 31.6. The summed E-state index contributed by atoms with van der Waals surface area (Å²) in [5, 5.41) is 0.958. The molecule has 0 atom stereocenters. The quantitative estimate of drug-likeness (QED) is 0.186. The van der Waals surface area contributed by atoms with Crippen LogP contribution in [0.5, 0.6) is 0 Å². The van der Waals surface area contributed by atoms with Crippen molar-refractivity contribution in [2.45, 2.75) is 0 Å². The number of nitrogens with zero attached hydrogens (tertiary/aromatic N) is 3. The number of furan rings is 1. The van der Waals surface area contributed by atoms with Crippen molar-refractivity contribution >= 4 is 65.4 Å². The third-order valence-corrected chi connectivity index (χ3v) is 9.30. The molecule has 0 aliphatic heterocycles. The van der Waals surface area contributed by atoms with Crippen LogP contribution in [0.25, 0.3) is 105 Å². The molecule has 4 heteroatoms. The van der Waals surface area contributed by atoms with Crippen molar-refractivity contribution in [2.75, 3.05) is 0 Å². The Hall–Kier alpha value is -7.04. The number of benzene rings is 8. The maximum absolute atomic E-state index is 9.74. The van der Waals surface area contributed by atoms with E-state index in [-0.39, 0.29) is 43.7 Å².